The van der Waals surface area contributed by atoms with Gasteiger partial charge in [-0.2, -0.15) is 0 Å². The molecule has 0 aliphatic carbocycles. The number of hydrogen-bond acceptors (Lipinski definition) is 4. The Balaban J connectivity index is 2.86. The molecule has 1 rings (SSSR count). The first kappa shape index (κ1) is 13.6. The Kier molecular flexibility index (Phi) is 5.40. The molecular formula is C11H18IN3O. The van der Waals surface area contributed by atoms with Crippen LogP contribution in [0.15, 0.2) is 0 Å². The Hall–Kier alpha value is -0.430. The highest BCUT2D eigenvalue weighted by molar-refractivity contribution is 14.1. The van der Waals surface area contributed by atoms with Crippen LogP contribution < -0.4 is 5.73 Å². The highest BCUT2D eigenvalue weighted by Crippen LogP contribution is 2.23. The molecule has 90 valence electrons. The number of rotatable bonds is 5. The van der Waals surface area contributed by atoms with Gasteiger partial charge in [0.1, 0.15) is 11.6 Å². The standard InChI is InChI=1S/C11H18IN3O/c1-4-16-6-5-8-14-10(7(2)3)9(12)11(13)15-8/h7H,4-6H2,1-3H3,(H2,13,14,15). The van der Waals surface area contributed by atoms with Gasteiger partial charge in [0.15, 0.2) is 0 Å². The molecule has 0 bridgehead atoms. The Morgan fingerprint density at radius 2 is 2.06 bits per heavy atom. The van der Waals surface area contributed by atoms with Crippen LogP contribution in [0.5, 0.6) is 0 Å². The smallest absolute Gasteiger partial charge is 0.140 e. The van der Waals surface area contributed by atoms with Gasteiger partial charge in [0, 0.05) is 13.0 Å². The minimum atomic E-state index is 0.364. The molecule has 16 heavy (non-hydrogen) atoms. The lowest BCUT2D eigenvalue weighted by Crippen LogP contribution is -2.10. The van der Waals surface area contributed by atoms with E-state index >= 15 is 0 Å². The van der Waals surface area contributed by atoms with Crippen LogP contribution in [-0.2, 0) is 11.2 Å². The van der Waals surface area contributed by atoms with Gasteiger partial charge in [0.05, 0.1) is 15.9 Å². The molecule has 1 aromatic heterocycles. The van der Waals surface area contributed by atoms with E-state index < -0.39 is 0 Å². The molecule has 0 amide bonds. The van der Waals surface area contributed by atoms with E-state index in [0.29, 0.717) is 24.8 Å². The summed E-state index contributed by atoms with van der Waals surface area (Å²) in [5, 5.41) is 0. The van der Waals surface area contributed by atoms with Crippen molar-refractivity contribution in [1.29, 1.82) is 0 Å². The second kappa shape index (κ2) is 6.34. The summed E-state index contributed by atoms with van der Waals surface area (Å²) in [6, 6.07) is 0. The minimum Gasteiger partial charge on any atom is -0.383 e. The Bertz CT molecular complexity index is 355. The Morgan fingerprint density at radius 3 is 2.62 bits per heavy atom. The van der Waals surface area contributed by atoms with Crippen LogP contribution in [0.3, 0.4) is 0 Å². The third-order valence-electron chi connectivity index (χ3n) is 2.17. The number of hydrogen-bond donors (Lipinski definition) is 1. The largest absolute Gasteiger partial charge is 0.383 e. The summed E-state index contributed by atoms with van der Waals surface area (Å²) in [5.74, 6) is 1.71. The molecule has 4 nitrogen and oxygen atoms in total. The monoisotopic (exact) mass is 335 g/mol. The SMILES string of the molecule is CCOCCc1nc(N)c(I)c(C(C)C)n1. The maximum Gasteiger partial charge on any atom is 0.140 e. The average Bonchev–Trinajstić information content (AvgIpc) is 2.23. The van der Waals surface area contributed by atoms with Crippen LogP contribution in [0.25, 0.3) is 0 Å². The lowest BCUT2D eigenvalue weighted by Gasteiger charge is -2.11. The van der Waals surface area contributed by atoms with Crippen LogP contribution in [0, 0.1) is 3.57 Å². The molecule has 1 aromatic rings. The molecule has 1 heterocycles. The fourth-order valence-electron chi connectivity index (χ4n) is 1.33. The molecule has 0 unspecified atom stereocenters. The number of halogens is 1. The van der Waals surface area contributed by atoms with Crippen molar-refractivity contribution in [2.45, 2.75) is 33.1 Å². The zero-order chi connectivity index (χ0) is 12.1. The first-order chi connectivity index (χ1) is 7.56. The van der Waals surface area contributed by atoms with Crippen LogP contribution in [0.1, 0.15) is 38.2 Å². The lowest BCUT2D eigenvalue weighted by atomic mass is 10.1. The van der Waals surface area contributed by atoms with E-state index in [1.807, 2.05) is 6.92 Å². The van der Waals surface area contributed by atoms with Gasteiger partial charge in [-0.3, -0.25) is 0 Å². The first-order valence-corrected chi connectivity index (χ1v) is 6.53. The third kappa shape index (κ3) is 3.55. The van der Waals surface area contributed by atoms with Gasteiger partial charge in [-0.1, -0.05) is 13.8 Å². The molecule has 0 saturated heterocycles. The maximum atomic E-state index is 5.86. The number of anilines is 1. The first-order valence-electron chi connectivity index (χ1n) is 5.45. The second-order valence-electron chi connectivity index (χ2n) is 3.83. The minimum absolute atomic E-state index is 0.364. The lowest BCUT2D eigenvalue weighted by molar-refractivity contribution is 0.149. The van der Waals surface area contributed by atoms with Gasteiger partial charge in [-0.15, -0.1) is 0 Å². The van der Waals surface area contributed by atoms with Crippen molar-refractivity contribution in [3.05, 3.63) is 15.1 Å². The Labute approximate surface area is 110 Å². The molecule has 0 aromatic carbocycles. The fraction of sp³-hybridized carbons (Fsp3) is 0.636. The number of nitrogen functional groups attached to an aromatic ring is 1. The molecule has 0 saturated carbocycles. The van der Waals surface area contributed by atoms with Crippen molar-refractivity contribution in [3.63, 3.8) is 0 Å². The fourth-order valence-corrected chi connectivity index (χ4v) is 2.20. The molecule has 5 heteroatoms. The van der Waals surface area contributed by atoms with Crippen LogP contribution in [0.2, 0.25) is 0 Å². The molecule has 0 fully saturated rings. The quantitative estimate of drug-likeness (QED) is 0.663. The molecule has 0 spiro atoms. The predicted molar refractivity (Wildman–Crippen MR) is 73.4 cm³/mol. The van der Waals surface area contributed by atoms with E-state index in [1.165, 1.54) is 0 Å². The summed E-state index contributed by atoms with van der Waals surface area (Å²) in [6.45, 7) is 7.56. The summed E-state index contributed by atoms with van der Waals surface area (Å²) in [7, 11) is 0. The summed E-state index contributed by atoms with van der Waals surface area (Å²) < 4.78 is 6.25. The summed E-state index contributed by atoms with van der Waals surface area (Å²) >= 11 is 2.20. The molecule has 2 N–H and O–H groups in total. The van der Waals surface area contributed by atoms with Crippen LogP contribution >= 0.6 is 22.6 Å². The van der Waals surface area contributed by atoms with Crippen LogP contribution in [-0.4, -0.2) is 23.2 Å². The van der Waals surface area contributed by atoms with Gasteiger partial charge in [0.2, 0.25) is 0 Å². The van der Waals surface area contributed by atoms with E-state index in [0.717, 1.165) is 21.7 Å². The van der Waals surface area contributed by atoms with Crippen molar-refractivity contribution >= 4 is 28.4 Å². The number of nitrogens with zero attached hydrogens (tertiary/aromatic N) is 2. The van der Waals surface area contributed by atoms with Crippen molar-refractivity contribution in [1.82, 2.24) is 9.97 Å². The van der Waals surface area contributed by atoms with Crippen molar-refractivity contribution in [2.75, 3.05) is 18.9 Å². The van der Waals surface area contributed by atoms with Gasteiger partial charge < -0.3 is 10.5 Å². The van der Waals surface area contributed by atoms with Gasteiger partial charge in [0.25, 0.3) is 0 Å². The molecule has 0 atom stereocenters. The van der Waals surface area contributed by atoms with Crippen LogP contribution in [0.4, 0.5) is 5.82 Å². The predicted octanol–water partition coefficient (Wildman–Crippen LogP) is 2.37. The summed E-state index contributed by atoms with van der Waals surface area (Å²) in [5.41, 5.74) is 6.89. The van der Waals surface area contributed by atoms with Crippen molar-refractivity contribution in [3.8, 4) is 0 Å². The van der Waals surface area contributed by atoms with Gasteiger partial charge in [-0.25, -0.2) is 9.97 Å². The zero-order valence-electron chi connectivity index (χ0n) is 9.96. The molecule has 0 radical (unpaired) electrons. The van der Waals surface area contributed by atoms with Crippen molar-refractivity contribution in [2.24, 2.45) is 0 Å². The molecular weight excluding hydrogens is 317 g/mol. The molecule has 0 aliphatic rings. The normalized spacial score (nSPS) is 11.1. The van der Waals surface area contributed by atoms with E-state index in [1.54, 1.807) is 0 Å². The van der Waals surface area contributed by atoms with E-state index in [4.69, 9.17) is 10.5 Å². The topological polar surface area (TPSA) is 61.0 Å². The maximum absolute atomic E-state index is 5.86. The van der Waals surface area contributed by atoms with E-state index in [-0.39, 0.29) is 0 Å². The van der Waals surface area contributed by atoms with Crippen molar-refractivity contribution < 1.29 is 4.74 Å². The number of aromatic nitrogens is 2. The third-order valence-corrected chi connectivity index (χ3v) is 3.28. The second-order valence-corrected chi connectivity index (χ2v) is 4.90. The molecule has 0 aliphatic heterocycles. The summed E-state index contributed by atoms with van der Waals surface area (Å²) in [4.78, 5) is 8.79. The van der Waals surface area contributed by atoms with E-state index in [9.17, 15) is 0 Å². The highest BCUT2D eigenvalue weighted by atomic mass is 127. The zero-order valence-corrected chi connectivity index (χ0v) is 12.1. The average molecular weight is 335 g/mol. The Morgan fingerprint density at radius 1 is 1.38 bits per heavy atom. The number of nitrogens with two attached hydrogens (primary N) is 1. The van der Waals surface area contributed by atoms with Gasteiger partial charge in [-0.05, 0) is 35.4 Å². The van der Waals surface area contributed by atoms with Gasteiger partial charge >= 0.3 is 0 Å². The number of ether oxygens (including phenoxy) is 1. The van der Waals surface area contributed by atoms with E-state index in [2.05, 4.69) is 46.4 Å². The highest BCUT2D eigenvalue weighted by Gasteiger charge is 2.12. The summed E-state index contributed by atoms with van der Waals surface area (Å²) in [6.07, 6.45) is 0.717.